The average Bonchev–Trinajstić information content (AvgIpc) is 2.26. The van der Waals surface area contributed by atoms with Crippen molar-refractivity contribution in [2.75, 3.05) is 0 Å². The highest BCUT2D eigenvalue weighted by Gasteiger charge is 2.29. The number of aromatic amines is 1. The van der Waals surface area contributed by atoms with Crippen molar-refractivity contribution in [2.24, 2.45) is 11.3 Å². The van der Waals surface area contributed by atoms with E-state index in [9.17, 15) is 4.79 Å². The number of aryl methyl sites for hydroxylation is 1. The maximum atomic E-state index is 11.6. The molecule has 0 amide bonds. The van der Waals surface area contributed by atoms with Gasteiger partial charge >= 0.3 is 0 Å². The maximum Gasteiger partial charge on any atom is 0.253 e. The van der Waals surface area contributed by atoms with Crippen LogP contribution in [0.4, 0.5) is 0 Å². The molecule has 3 heteroatoms. The fourth-order valence-corrected chi connectivity index (χ4v) is 2.61. The number of fused-ring (bicyclic) bond motifs is 1. The van der Waals surface area contributed by atoms with Gasteiger partial charge in [0.1, 0.15) is 0 Å². The summed E-state index contributed by atoms with van der Waals surface area (Å²) in [6.45, 7) is 6.62. The van der Waals surface area contributed by atoms with Gasteiger partial charge in [-0.3, -0.25) is 4.79 Å². The smallest absolute Gasteiger partial charge is 0.253 e. The second-order valence-corrected chi connectivity index (χ2v) is 6.09. The molecule has 1 aromatic rings. The van der Waals surface area contributed by atoms with Gasteiger partial charge in [0, 0.05) is 11.3 Å². The van der Waals surface area contributed by atoms with Gasteiger partial charge in [-0.1, -0.05) is 20.8 Å². The summed E-state index contributed by atoms with van der Waals surface area (Å²) in [5.41, 5.74) is 2.92. The summed E-state index contributed by atoms with van der Waals surface area (Å²) in [6.07, 6.45) is 3.08. The molecule has 1 heterocycles. The number of hydrogen-bond donors (Lipinski definition) is 2. The van der Waals surface area contributed by atoms with Crippen molar-refractivity contribution in [3.63, 3.8) is 0 Å². The van der Waals surface area contributed by atoms with Crippen LogP contribution in [0.5, 0.6) is 0 Å². The first-order valence-electron chi connectivity index (χ1n) is 6.26. The predicted octanol–water partition coefficient (Wildman–Crippen LogP) is 2.02. The van der Waals surface area contributed by atoms with Gasteiger partial charge in [0.2, 0.25) is 0 Å². The van der Waals surface area contributed by atoms with E-state index in [-0.39, 0.29) is 12.2 Å². The summed E-state index contributed by atoms with van der Waals surface area (Å²) in [5, 5.41) is 9.13. The Morgan fingerprint density at radius 3 is 2.76 bits per heavy atom. The fraction of sp³-hybridized carbons (Fsp3) is 0.643. The van der Waals surface area contributed by atoms with E-state index in [4.69, 9.17) is 5.11 Å². The molecule has 0 radical (unpaired) electrons. The quantitative estimate of drug-likeness (QED) is 0.782. The summed E-state index contributed by atoms with van der Waals surface area (Å²) < 4.78 is 0. The van der Waals surface area contributed by atoms with Crippen molar-refractivity contribution in [2.45, 2.75) is 46.6 Å². The second-order valence-electron chi connectivity index (χ2n) is 6.09. The molecule has 0 aliphatic heterocycles. The van der Waals surface area contributed by atoms with Gasteiger partial charge in [-0.05, 0) is 42.2 Å². The van der Waals surface area contributed by atoms with Crippen LogP contribution in [-0.2, 0) is 19.4 Å². The Balaban J connectivity index is 2.35. The van der Waals surface area contributed by atoms with E-state index in [1.165, 1.54) is 5.56 Å². The monoisotopic (exact) mass is 235 g/mol. The summed E-state index contributed by atoms with van der Waals surface area (Å²) in [5.74, 6) is 0.646. The van der Waals surface area contributed by atoms with Crippen molar-refractivity contribution in [1.82, 2.24) is 4.98 Å². The van der Waals surface area contributed by atoms with E-state index in [2.05, 4.69) is 25.8 Å². The molecule has 2 rings (SSSR count). The van der Waals surface area contributed by atoms with Crippen molar-refractivity contribution in [3.05, 3.63) is 33.2 Å². The second kappa shape index (κ2) is 4.30. The molecule has 0 saturated heterocycles. The van der Waals surface area contributed by atoms with Gasteiger partial charge in [0.25, 0.3) is 5.56 Å². The minimum Gasteiger partial charge on any atom is -0.391 e. The largest absolute Gasteiger partial charge is 0.391 e. The number of rotatable bonds is 1. The van der Waals surface area contributed by atoms with Crippen LogP contribution in [0.2, 0.25) is 0 Å². The van der Waals surface area contributed by atoms with Gasteiger partial charge in [-0.25, -0.2) is 0 Å². The average molecular weight is 235 g/mol. The first-order chi connectivity index (χ1) is 7.91. The molecule has 1 aromatic heterocycles. The summed E-state index contributed by atoms with van der Waals surface area (Å²) in [6, 6.07) is 1.88. The van der Waals surface area contributed by atoms with E-state index < -0.39 is 0 Å². The fourth-order valence-electron chi connectivity index (χ4n) is 2.61. The molecule has 1 atom stereocenters. The summed E-state index contributed by atoms with van der Waals surface area (Å²) in [4.78, 5) is 14.5. The zero-order chi connectivity index (χ0) is 12.6. The minimum absolute atomic E-state index is 0.138. The van der Waals surface area contributed by atoms with Crippen LogP contribution < -0.4 is 5.56 Å². The molecule has 0 fully saturated rings. The van der Waals surface area contributed by atoms with Crippen molar-refractivity contribution in [3.8, 4) is 0 Å². The van der Waals surface area contributed by atoms with Gasteiger partial charge in [0.05, 0.1) is 6.61 Å². The Kier molecular flexibility index (Phi) is 3.13. The van der Waals surface area contributed by atoms with Crippen LogP contribution in [0.3, 0.4) is 0 Å². The lowest BCUT2D eigenvalue weighted by molar-refractivity contribution is 0.214. The zero-order valence-corrected chi connectivity index (χ0v) is 10.8. The van der Waals surface area contributed by atoms with Crippen LogP contribution >= 0.6 is 0 Å². The molecular weight excluding hydrogens is 214 g/mol. The topological polar surface area (TPSA) is 53.1 Å². The maximum absolute atomic E-state index is 11.6. The van der Waals surface area contributed by atoms with E-state index in [0.29, 0.717) is 16.9 Å². The lowest BCUT2D eigenvalue weighted by Gasteiger charge is -2.34. The molecule has 2 N–H and O–H groups in total. The Bertz CT molecular complexity index is 468. The lowest BCUT2D eigenvalue weighted by Crippen LogP contribution is -2.29. The van der Waals surface area contributed by atoms with Gasteiger partial charge in [0.15, 0.2) is 0 Å². The first-order valence-corrected chi connectivity index (χ1v) is 6.26. The lowest BCUT2D eigenvalue weighted by atomic mass is 9.71. The Hall–Kier alpha value is -1.09. The van der Waals surface area contributed by atoms with Crippen LogP contribution in [0.25, 0.3) is 0 Å². The zero-order valence-electron chi connectivity index (χ0n) is 10.8. The predicted molar refractivity (Wildman–Crippen MR) is 68.0 cm³/mol. The van der Waals surface area contributed by atoms with Crippen LogP contribution in [0.15, 0.2) is 10.9 Å². The Morgan fingerprint density at radius 1 is 1.47 bits per heavy atom. The number of pyridine rings is 1. The van der Waals surface area contributed by atoms with Crippen LogP contribution in [0, 0.1) is 11.3 Å². The summed E-state index contributed by atoms with van der Waals surface area (Å²) >= 11 is 0. The summed E-state index contributed by atoms with van der Waals surface area (Å²) in [7, 11) is 0. The third-order valence-electron chi connectivity index (χ3n) is 3.90. The van der Waals surface area contributed by atoms with E-state index >= 15 is 0 Å². The van der Waals surface area contributed by atoms with Gasteiger partial charge in [-0.15, -0.1) is 0 Å². The normalized spacial score (nSPS) is 20.1. The number of hydrogen-bond acceptors (Lipinski definition) is 2. The third kappa shape index (κ3) is 2.44. The molecule has 0 spiro atoms. The molecule has 0 bridgehead atoms. The molecule has 94 valence electrons. The molecule has 1 aliphatic carbocycles. The standard InChI is InChI=1S/C14H21NO2/c1-14(2,3)11-4-5-12-9(7-11)6-10(8-16)13(17)15-12/h6,11,16H,4-5,7-8H2,1-3H3,(H,15,17). The number of aliphatic hydroxyl groups is 1. The highest BCUT2D eigenvalue weighted by molar-refractivity contribution is 5.28. The molecule has 0 aromatic carbocycles. The van der Waals surface area contributed by atoms with E-state index in [1.54, 1.807) is 0 Å². The highest BCUT2D eigenvalue weighted by atomic mass is 16.3. The first kappa shape index (κ1) is 12.4. The minimum atomic E-state index is -0.178. The number of H-pyrrole nitrogens is 1. The number of aromatic nitrogens is 1. The number of aliphatic hydroxyl groups excluding tert-OH is 1. The number of nitrogens with one attached hydrogen (secondary N) is 1. The van der Waals surface area contributed by atoms with Gasteiger partial charge < -0.3 is 10.1 Å². The molecule has 3 nitrogen and oxygen atoms in total. The Morgan fingerprint density at radius 2 is 2.18 bits per heavy atom. The highest BCUT2D eigenvalue weighted by Crippen LogP contribution is 2.36. The van der Waals surface area contributed by atoms with Crippen molar-refractivity contribution >= 4 is 0 Å². The van der Waals surface area contributed by atoms with E-state index in [0.717, 1.165) is 25.0 Å². The SMILES string of the molecule is CC(C)(C)C1CCc2[nH]c(=O)c(CO)cc2C1. The molecule has 1 aliphatic rings. The van der Waals surface area contributed by atoms with Crippen LogP contribution in [-0.4, -0.2) is 10.1 Å². The van der Waals surface area contributed by atoms with Crippen LogP contribution in [0.1, 0.15) is 44.0 Å². The molecule has 0 saturated carbocycles. The molecule has 17 heavy (non-hydrogen) atoms. The van der Waals surface area contributed by atoms with Crippen molar-refractivity contribution in [1.29, 1.82) is 0 Å². The van der Waals surface area contributed by atoms with Crippen molar-refractivity contribution < 1.29 is 5.11 Å². The van der Waals surface area contributed by atoms with E-state index in [1.807, 2.05) is 6.07 Å². The van der Waals surface area contributed by atoms with Gasteiger partial charge in [-0.2, -0.15) is 0 Å². The molecular formula is C14H21NO2. The Labute approximate surface area is 102 Å². The third-order valence-corrected chi connectivity index (χ3v) is 3.90. The molecule has 1 unspecified atom stereocenters.